The average Bonchev–Trinajstić information content (AvgIpc) is 2.82. The smallest absolute Gasteiger partial charge is 0.426 e. The van der Waals surface area contributed by atoms with E-state index in [0.29, 0.717) is 22.4 Å². The molecule has 3 aromatic rings. The molecule has 0 bridgehead atoms. The fraction of sp³-hybridized carbons (Fsp3) is 0.231. The van der Waals surface area contributed by atoms with Crippen LogP contribution in [0, 0.1) is 17.5 Å². The van der Waals surface area contributed by atoms with Crippen molar-refractivity contribution in [1.82, 2.24) is 9.99 Å². The zero-order chi connectivity index (χ0) is 28.9. The third-order valence-electron chi connectivity index (χ3n) is 5.01. The van der Waals surface area contributed by atoms with E-state index in [1.165, 1.54) is 0 Å². The number of nitrogens with zero attached hydrogens (tertiary/aromatic N) is 1. The predicted octanol–water partition coefficient (Wildman–Crippen LogP) is 3.35. The van der Waals surface area contributed by atoms with Gasteiger partial charge in [0, 0.05) is 30.4 Å². The van der Waals surface area contributed by atoms with E-state index in [-0.39, 0.29) is 6.61 Å². The summed E-state index contributed by atoms with van der Waals surface area (Å²) in [6.07, 6.45) is -0.279. The summed E-state index contributed by atoms with van der Waals surface area (Å²) >= 11 is 0. The summed E-state index contributed by atoms with van der Waals surface area (Å²) in [6, 6.07) is 9.35. The summed E-state index contributed by atoms with van der Waals surface area (Å²) in [6.45, 7) is 3.75. The van der Waals surface area contributed by atoms with Crippen LogP contribution in [0.2, 0.25) is 0 Å². The van der Waals surface area contributed by atoms with E-state index in [2.05, 4.69) is 10.7 Å². The standard InChI is InChI=1S/C26H25F3N4O6/c1-26(2,3)39-25(37)32-33-12-17(24(36)31-11-16-18(28)9-15(27)10-19(16)29)21(34)22(20(33)23(30)35)38-13-14-7-5-4-6-8-14/h4-10,12H,11,13H2,1-3H3,(H2,30,35)(H,31,36)(H,32,37). The Balaban J connectivity index is 2.04. The molecule has 206 valence electrons. The highest BCUT2D eigenvalue weighted by atomic mass is 19.1. The van der Waals surface area contributed by atoms with Crippen LogP contribution < -0.4 is 26.6 Å². The number of ether oxygens (including phenoxy) is 2. The SMILES string of the molecule is CC(C)(C)OC(=O)Nn1cc(C(=O)NCc2c(F)cc(F)cc2F)c(=O)c(OCc2ccccc2)c1C(N)=O. The maximum Gasteiger partial charge on any atom is 0.426 e. The molecular formula is C26H25F3N4O6. The van der Waals surface area contributed by atoms with Gasteiger partial charge < -0.3 is 20.5 Å². The van der Waals surface area contributed by atoms with Crippen molar-refractivity contribution in [3.8, 4) is 5.75 Å². The van der Waals surface area contributed by atoms with E-state index < -0.39 is 75.5 Å². The lowest BCUT2D eigenvalue weighted by Gasteiger charge is -2.22. The van der Waals surface area contributed by atoms with E-state index in [1.54, 1.807) is 51.1 Å². The fourth-order valence-corrected chi connectivity index (χ4v) is 3.34. The van der Waals surface area contributed by atoms with Gasteiger partial charge in [-0.15, -0.1) is 0 Å². The van der Waals surface area contributed by atoms with Gasteiger partial charge in [0.1, 0.15) is 35.2 Å². The van der Waals surface area contributed by atoms with Gasteiger partial charge in [-0.25, -0.2) is 28.1 Å². The number of benzene rings is 2. The van der Waals surface area contributed by atoms with Crippen molar-refractivity contribution < 1.29 is 37.0 Å². The Hall–Kier alpha value is -4.81. The lowest BCUT2D eigenvalue weighted by Crippen LogP contribution is -2.38. The van der Waals surface area contributed by atoms with E-state index in [1.807, 2.05) is 0 Å². The van der Waals surface area contributed by atoms with Crippen LogP contribution in [0.25, 0.3) is 0 Å². The second-order valence-electron chi connectivity index (χ2n) is 9.20. The molecule has 0 aliphatic rings. The van der Waals surface area contributed by atoms with Gasteiger partial charge in [0.05, 0.1) is 0 Å². The second-order valence-corrected chi connectivity index (χ2v) is 9.20. The number of pyridine rings is 1. The number of nitrogens with two attached hydrogens (primary N) is 1. The summed E-state index contributed by atoms with van der Waals surface area (Å²) < 4.78 is 52.7. The highest BCUT2D eigenvalue weighted by molar-refractivity contribution is 5.98. The molecule has 39 heavy (non-hydrogen) atoms. The Morgan fingerprint density at radius 1 is 1.03 bits per heavy atom. The zero-order valence-corrected chi connectivity index (χ0v) is 21.1. The Morgan fingerprint density at radius 2 is 1.64 bits per heavy atom. The fourth-order valence-electron chi connectivity index (χ4n) is 3.34. The number of nitrogens with one attached hydrogen (secondary N) is 2. The molecule has 2 aromatic carbocycles. The first kappa shape index (κ1) is 28.8. The number of aromatic nitrogens is 1. The molecule has 3 rings (SSSR count). The summed E-state index contributed by atoms with van der Waals surface area (Å²) in [5, 5.41) is 2.16. The Labute approximate surface area is 220 Å². The van der Waals surface area contributed by atoms with Gasteiger partial charge in [-0.2, -0.15) is 0 Å². The van der Waals surface area contributed by atoms with Crippen LogP contribution in [0.4, 0.5) is 18.0 Å². The van der Waals surface area contributed by atoms with Crippen LogP contribution in [0.1, 0.15) is 52.7 Å². The molecule has 0 fully saturated rings. The van der Waals surface area contributed by atoms with Crippen molar-refractivity contribution in [2.75, 3.05) is 5.43 Å². The molecule has 3 amide bonds. The van der Waals surface area contributed by atoms with E-state index >= 15 is 0 Å². The van der Waals surface area contributed by atoms with Crippen molar-refractivity contribution in [2.45, 2.75) is 39.5 Å². The lowest BCUT2D eigenvalue weighted by atomic mass is 10.1. The Morgan fingerprint density at radius 3 is 2.21 bits per heavy atom. The molecule has 4 N–H and O–H groups in total. The molecule has 0 aliphatic carbocycles. The number of amides is 3. The highest BCUT2D eigenvalue weighted by Gasteiger charge is 2.27. The molecule has 1 heterocycles. The predicted molar refractivity (Wildman–Crippen MR) is 133 cm³/mol. The molecule has 10 nitrogen and oxygen atoms in total. The molecule has 0 aliphatic heterocycles. The van der Waals surface area contributed by atoms with Gasteiger partial charge in [-0.05, 0) is 26.3 Å². The quantitative estimate of drug-likeness (QED) is 0.396. The lowest BCUT2D eigenvalue weighted by molar-refractivity contribution is 0.0611. The zero-order valence-electron chi connectivity index (χ0n) is 21.1. The minimum absolute atomic E-state index is 0.222. The molecule has 0 radical (unpaired) electrons. The Bertz CT molecular complexity index is 1450. The highest BCUT2D eigenvalue weighted by Crippen LogP contribution is 2.18. The minimum atomic E-state index is -1.26. The van der Waals surface area contributed by atoms with Gasteiger partial charge in [-0.3, -0.25) is 14.4 Å². The van der Waals surface area contributed by atoms with Gasteiger partial charge in [0.25, 0.3) is 11.8 Å². The first-order valence-corrected chi connectivity index (χ1v) is 11.4. The van der Waals surface area contributed by atoms with Crippen LogP contribution >= 0.6 is 0 Å². The Kier molecular flexibility index (Phi) is 8.64. The minimum Gasteiger partial charge on any atom is -0.482 e. The van der Waals surface area contributed by atoms with E-state index in [4.69, 9.17) is 15.2 Å². The normalized spacial score (nSPS) is 11.0. The van der Waals surface area contributed by atoms with Crippen molar-refractivity contribution in [3.05, 3.63) is 98.7 Å². The number of hydrogen-bond donors (Lipinski definition) is 3. The molecule has 0 saturated carbocycles. The molecule has 0 saturated heterocycles. The third-order valence-corrected chi connectivity index (χ3v) is 5.01. The third kappa shape index (κ3) is 7.37. The number of carbonyl (C=O) groups is 3. The molecule has 13 heteroatoms. The van der Waals surface area contributed by atoms with Crippen molar-refractivity contribution >= 4 is 17.9 Å². The molecule has 0 spiro atoms. The van der Waals surface area contributed by atoms with Crippen LogP contribution in [-0.4, -0.2) is 28.2 Å². The number of rotatable bonds is 8. The molecule has 0 atom stereocenters. The number of hydrogen-bond acceptors (Lipinski definition) is 6. The van der Waals surface area contributed by atoms with Crippen LogP contribution in [-0.2, 0) is 17.9 Å². The van der Waals surface area contributed by atoms with E-state index in [0.717, 1.165) is 6.20 Å². The topological polar surface area (TPSA) is 142 Å². The van der Waals surface area contributed by atoms with Crippen LogP contribution in [0.15, 0.2) is 53.5 Å². The monoisotopic (exact) mass is 546 g/mol. The van der Waals surface area contributed by atoms with Crippen LogP contribution in [0.3, 0.4) is 0 Å². The maximum atomic E-state index is 14.0. The van der Waals surface area contributed by atoms with Crippen molar-refractivity contribution in [2.24, 2.45) is 5.73 Å². The molecule has 0 unspecified atom stereocenters. The summed E-state index contributed by atoms with van der Waals surface area (Å²) in [5.41, 5.74) is 4.28. The second kappa shape index (κ2) is 11.7. The van der Waals surface area contributed by atoms with E-state index in [9.17, 15) is 32.3 Å². The largest absolute Gasteiger partial charge is 0.482 e. The van der Waals surface area contributed by atoms with Crippen molar-refractivity contribution in [3.63, 3.8) is 0 Å². The average molecular weight is 547 g/mol. The van der Waals surface area contributed by atoms with Gasteiger partial charge in [0.15, 0.2) is 11.4 Å². The summed E-state index contributed by atoms with van der Waals surface area (Å²) in [4.78, 5) is 51.0. The van der Waals surface area contributed by atoms with Gasteiger partial charge in [0.2, 0.25) is 5.43 Å². The van der Waals surface area contributed by atoms with Gasteiger partial charge in [-0.1, -0.05) is 30.3 Å². The summed E-state index contributed by atoms with van der Waals surface area (Å²) in [7, 11) is 0. The van der Waals surface area contributed by atoms with Crippen molar-refractivity contribution in [1.29, 1.82) is 0 Å². The van der Waals surface area contributed by atoms with Gasteiger partial charge >= 0.3 is 6.09 Å². The number of halogens is 3. The number of primary amides is 1. The maximum absolute atomic E-state index is 14.0. The summed E-state index contributed by atoms with van der Waals surface area (Å²) in [5.74, 6) is -6.68. The first-order chi connectivity index (χ1) is 18.3. The van der Waals surface area contributed by atoms with Crippen LogP contribution in [0.5, 0.6) is 5.75 Å². The molecular weight excluding hydrogens is 521 g/mol. The number of carbonyl (C=O) groups excluding carboxylic acids is 3. The first-order valence-electron chi connectivity index (χ1n) is 11.4. The molecule has 1 aromatic heterocycles.